The van der Waals surface area contributed by atoms with Crippen molar-refractivity contribution in [2.45, 2.75) is 46.1 Å². The number of nitrogens with one attached hydrogen (secondary N) is 1. The summed E-state index contributed by atoms with van der Waals surface area (Å²) in [5, 5.41) is 3.16. The topological polar surface area (TPSA) is 29.1 Å². The minimum absolute atomic E-state index is 0.190. The summed E-state index contributed by atoms with van der Waals surface area (Å²) in [6, 6.07) is 0.190. The molecular weight excluding hydrogens is 138 g/mol. The van der Waals surface area contributed by atoms with Crippen molar-refractivity contribution in [3.8, 4) is 0 Å². The summed E-state index contributed by atoms with van der Waals surface area (Å²) in [5.74, 6) is 0.368. The molecule has 0 amide bonds. The van der Waals surface area contributed by atoms with E-state index in [1.165, 1.54) is 0 Å². The maximum absolute atomic E-state index is 11.0. The Labute approximate surface area is 69.4 Å². The van der Waals surface area contributed by atoms with E-state index >= 15 is 0 Å². The normalized spacial score (nSPS) is 22.3. The van der Waals surface area contributed by atoms with E-state index in [-0.39, 0.29) is 6.04 Å². The number of ketones is 1. The molecule has 1 atom stereocenters. The van der Waals surface area contributed by atoms with Gasteiger partial charge in [0.15, 0.2) is 0 Å². The van der Waals surface area contributed by atoms with E-state index in [1.807, 2.05) is 20.8 Å². The lowest BCUT2D eigenvalue weighted by atomic mass is 10.1. The number of hydrogen-bond donors (Lipinski definition) is 1. The Kier molecular flexibility index (Phi) is 6.13. The third-order valence-corrected chi connectivity index (χ3v) is 1.80. The van der Waals surface area contributed by atoms with Gasteiger partial charge in [0.1, 0.15) is 5.78 Å². The van der Waals surface area contributed by atoms with E-state index in [0.29, 0.717) is 12.2 Å². The number of rotatable bonds is 2. The van der Waals surface area contributed by atoms with Crippen LogP contribution < -0.4 is 5.32 Å². The summed E-state index contributed by atoms with van der Waals surface area (Å²) < 4.78 is 0. The van der Waals surface area contributed by atoms with Crippen molar-refractivity contribution < 1.29 is 4.79 Å². The molecule has 1 N–H and O–H groups in total. The van der Waals surface area contributed by atoms with Gasteiger partial charge < -0.3 is 5.32 Å². The van der Waals surface area contributed by atoms with Gasteiger partial charge in [0, 0.05) is 6.42 Å². The zero-order valence-corrected chi connectivity index (χ0v) is 7.81. The molecule has 1 rings (SSSR count). The van der Waals surface area contributed by atoms with Crippen molar-refractivity contribution in [2.75, 3.05) is 6.54 Å². The molecular formula is C9H19NO. The molecule has 0 unspecified atom stereocenters. The van der Waals surface area contributed by atoms with Gasteiger partial charge in [-0.15, -0.1) is 0 Å². The molecule has 1 aliphatic heterocycles. The number of carbonyl (C=O) groups excluding carboxylic acids is 1. The zero-order valence-electron chi connectivity index (χ0n) is 7.81. The lowest BCUT2D eigenvalue weighted by Gasteiger charge is -2.04. The molecule has 0 saturated carbocycles. The van der Waals surface area contributed by atoms with Crippen molar-refractivity contribution >= 4 is 5.78 Å². The number of hydrogen-bond acceptors (Lipinski definition) is 2. The Morgan fingerprint density at radius 3 is 2.55 bits per heavy atom. The molecule has 0 aromatic rings. The predicted octanol–water partition coefficient (Wildman–Crippen LogP) is 1.74. The molecule has 1 saturated heterocycles. The Balaban J connectivity index is 0.000000461. The van der Waals surface area contributed by atoms with Crippen LogP contribution in [0.3, 0.4) is 0 Å². The Morgan fingerprint density at radius 1 is 1.55 bits per heavy atom. The van der Waals surface area contributed by atoms with Crippen LogP contribution in [0.5, 0.6) is 0 Å². The average Bonchev–Trinajstić information content (AvgIpc) is 2.59. The zero-order chi connectivity index (χ0) is 8.69. The van der Waals surface area contributed by atoms with Crippen LogP contribution in [0.1, 0.15) is 40.0 Å². The second-order valence-corrected chi connectivity index (χ2v) is 2.47. The van der Waals surface area contributed by atoms with Gasteiger partial charge in [-0.3, -0.25) is 4.79 Å². The van der Waals surface area contributed by atoms with Gasteiger partial charge in [-0.2, -0.15) is 0 Å². The second-order valence-electron chi connectivity index (χ2n) is 2.47. The molecule has 0 aromatic carbocycles. The monoisotopic (exact) mass is 157 g/mol. The second kappa shape index (κ2) is 6.35. The van der Waals surface area contributed by atoms with Crippen LogP contribution >= 0.6 is 0 Å². The minimum Gasteiger partial charge on any atom is -0.307 e. The van der Waals surface area contributed by atoms with Gasteiger partial charge >= 0.3 is 0 Å². The van der Waals surface area contributed by atoms with Crippen LogP contribution in [0, 0.1) is 0 Å². The van der Waals surface area contributed by atoms with Crippen LogP contribution in [0.4, 0.5) is 0 Å². The molecule has 0 radical (unpaired) electrons. The van der Waals surface area contributed by atoms with Crippen molar-refractivity contribution in [1.29, 1.82) is 0 Å². The highest BCUT2D eigenvalue weighted by molar-refractivity contribution is 5.83. The van der Waals surface area contributed by atoms with E-state index in [0.717, 1.165) is 19.4 Å². The van der Waals surface area contributed by atoms with E-state index in [1.54, 1.807) is 0 Å². The fraction of sp³-hybridized carbons (Fsp3) is 0.889. The minimum atomic E-state index is 0.190. The van der Waals surface area contributed by atoms with Crippen LogP contribution in [-0.2, 0) is 4.79 Å². The SMILES string of the molecule is CC.CCC(=O)[C@@H]1CCCN1. The lowest BCUT2D eigenvalue weighted by Crippen LogP contribution is -2.29. The molecule has 0 bridgehead atoms. The highest BCUT2D eigenvalue weighted by atomic mass is 16.1. The van der Waals surface area contributed by atoms with Crippen LogP contribution in [0.25, 0.3) is 0 Å². The van der Waals surface area contributed by atoms with Crippen LogP contribution in [-0.4, -0.2) is 18.4 Å². The largest absolute Gasteiger partial charge is 0.307 e. The summed E-state index contributed by atoms with van der Waals surface area (Å²) in [6.45, 7) is 6.94. The quantitative estimate of drug-likeness (QED) is 0.661. The third-order valence-electron chi connectivity index (χ3n) is 1.80. The molecule has 0 aliphatic carbocycles. The first-order valence-electron chi connectivity index (χ1n) is 4.60. The first-order valence-corrected chi connectivity index (χ1v) is 4.60. The van der Waals surface area contributed by atoms with Crippen LogP contribution in [0.2, 0.25) is 0 Å². The van der Waals surface area contributed by atoms with Gasteiger partial charge in [-0.1, -0.05) is 20.8 Å². The summed E-state index contributed by atoms with van der Waals surface area (Å²) in [7, 11) is 0. The van der Waals surface area contributed by atoms with Gasteiger partial charge in [-0.25, -0.2) is 0 Å². The Morgan fingerprint density at radius 2 is 2.18 bits per heavy atom. The van der Waals surface area contributed by atoms with Crippen molar-refractivity contribution in [3.05, 3.63) is 0 Å². The lowest BCUT2D eigenvalue weighted by molar-refractivity contribution is -0.120. The van der Waals surface area contributed by atoms with E-state index in [9.17, 15) is 4.79 Å². The first kappa shape index (κ1) is 10.6. The van der Waals surface area contributed by atoms with E-state index in [2.05, 4.69) is 5.32 Å². The molecule has 1 heterocycles. The average molecular weight is 157 g/mol. The van der Waals surface area contributed by atoms with E-state index in [4.69, 9.17) is 0 Å². The molecule has 1 aliphatic rings. The highest BCUT2D eigenvalue weighted by Crippen LogP contribution is 2.06. The summed E-state index contributed by atoms with van der Waals surface area (Å²) in [5.41, 5.74) is 0. The predicted molar refractivity (Wildman–Crippen MR) is 47.7 cm³/mol. The molecule has 2 heteroatoms. The smallest absolute Gasteiger partial charge is 0.149 e. The summed E-state index contributed by atoms with van der Waals surface area (Å²) in [4.78, 5) is 11.0. The fourth-order valence-corrected chi connectivity index (χ4v) is 1.21. The van der Waals surface area contributed by atoms with Gasteiger partial charge in [0.2, 0.25) is 0 Å². The van der Waals surface area contributed by atoms with Gasteiger partial charge in [-0.05, 0) is 19.4 Å². The molecule has 0 spiro atoms. The standard InChI is InChI=1S/C7H13NO.C2H6/c1-2-7(9)6-4-3-5-8-6;1-2/h6,8H,2-5H2,1H3;1-2H3/t6-;/m0./s1. The van der Waals surface area contributed by atoms with Crippen molar-refractivity contribution in [2.24, 2.45) is 0 Å². The third kappa shape index (κ3) is 3.51. The fourth-order valence-electron chi connectivity index (χ4n) is 1.21. The molecule has 11 heavy (non-hydrogen) atoms. The van der Waals surface area contributed by atoms with E-state index < -0.39 is 0 Å². The van der Waals surface area contributed by atoms with Gasteiger partial charge in [0.05, 0.1) is 6.04 Å². The summed E-state index contributed by atoms with van der Waals surface area (Å²) >= 11 is 0. The molecule has 2 nitrogen and oxygen atoms in total. The van der Waals surface area contributed by atoms with Crippen molar-refractivity contribution in [3.63, 3.8) is 0 Å². The maximum atomic E-state index is 11.0. The van der Waals surface area contributed by atoms with Crippen molar-refractivity contribution in [1.82, 2.24) is 5.32 Å². The summed E-state index contributed by atoms with van der Waals surface area (Å²) in [6.07, 6.45) is 2.89. The van der Waals surface area contributed by atoms with Gasteiger partial charge in [0.25, 0.3) is 0 Å². The molecule has 1 fully saturated rings. The Bertz CT molecular complexity index is 106. The molecule has 66 valence electrons. The molecule has 0 aromatic heterocycles. The Hall–Kier alpha value is -0.370. The number of Topliss-reactive ketones (excluding diaryl/α,β-unsaturated/α-hetero) is 1. The first-order chi connectivity index (χ1) is 5.34. The highest BCUT2D eigenvalue weighted by Gasteiger charge is 2.19. The number of carbonyl (C=O) groups is 1. The van der Waals surface area contributed by atoms with Crippen LogP contribution in [0.15, 0.2) is 0 Å². The maximum Gasteiger partial charge on any atom is 0.149 e.